The van der Waals surface area contributed by atoms with Gasteiger partial charge in [-0.2, -0.15) is 0 Å². The molecule has 0 radical (unpaired) electrons. The lowest BCUT2D eigenvalue weighted by Crippen LogP contribution is -2.41. The highest BCUT2D eigenvalue weighted by atomic mass is 19.2. The molecule has 2 fully saturated rings. The van der Waals surface area contributed by atoms with Crippen LogP contribution in [0.1, 0.15) is 31.2 Å². The summed E-state index contributed by atoms with van der Waals surface area (Å²) < 4.78 is 26.2. The van der Waals surface area contributed by atoms with Crippen molar-refractivity contribution in [1.29, 1.82) is 0 Å². The fourth-order valence-electron chi connectivity index (χ4n) is 3.16. The van der Waals surface area contributed by atoms with Crippen LogP contribution in [0.4, 0.5) is 8.78 Å². The number of carbonyl (C=O) groups is 1. The van der Waals surface area contributed by atoms with Gasteiger partial charge >= 0.3 is 0 Å². The van der Waals surface area contributed by atoms with Gasteiger partial charge in [0.1, 0.15) is 0 Å². The summed E-state index contributed by atoms with van der Waals surface area (Å²) in [7, 11) is 0. The van der Waals surface area contributed by atoms with Gasteiger partial charge in [0.05, 0.1) is 0 Å². The van der Waals surface area contributed by atoms with Crippen molar-refractivity contribution < 1.29 is 13.6 Å². The van der Waals surface area contributed by atoms with Crippen LogP contribution in [-0.4, -0.2) is 41.9 Å². The zero-order chi connectivity index (χ0) is 15.5. The highest BCUT2D eigenvalue weighted by Gasteiger charge is 2.30. The van der Waals surface area contributed by atoms with Gasteiger partial charge in [0, 0.05) is 38.6 Å². The van der Waals surface area contributed by atoms with Crippen LogP contribution in [0, 0.1) is 17.6 Å². The van der Waals surface area contributed by atoms with Crippen LogP contribution in [0.2, 0.25) is 0 Å². The molecule has 0 N–H and O–H groups in total. The minimum atomic E-state index is -0.808. The van der Waals surface area contributed by atoms with Crippen LogP contribution >= 0.6 is 0 Å². The van der Waals surface area contributed by atoms with Crippen molar-refractivity contribution >= 4 is 5.91 Å². The van der Waals surface area contributed by atoms with E-state index in [9.17, 15) is 13.6 Å². The SMILES string of the molecule is O=C(C1CCC1)N1CCCN(Cc2ccc(F)c(F)c2)CC1. The summed E-state index contributed by atoms with van der Waals surface area (Å²) in [6, 6.07) is 4.06. The van der Waals surface area contributed by atoms with Crippen LogP contribution in [-0.2, 0) is 11.3 Å². The van der Waals surface area contributed by atoms with Crippen LogP contribution in [0.25, 0.3) is 0 Å². The molecule has 0 aromatic heterocycles. The fraction of sp³-hybridized carbons (Fsp3) is 0.588. The third-order valence-electron chi connectivity index (χ3n) is 4.74. The first kappa shape index (κ1) is 15.4. The molecule has 120 valence electrons. The number of hydrogen-bond donors (Lipinski definition) is 0. The van der Waals surface area contributed by atoms with E-state index in [4.69, 9.17) is 0 Å². The van der Waals surface area contributed by atoms with Gasteiger partial charge in [0.2, 0.25) is 5.91 Å². The Labute approximate surface area is 129 Å². The van der Waals surface area contributed by atoms with E-state index in [0.29, 0.717) is 12.5 Å². The van der Waals surface area contributed by atoms with Crippen molar-refractivity contribution in [2.75, 3.05) is 26.2 Å². The van der Waals surface area contributed by atoms with Gasteiger partial charge in [-0.05, 0) is 37.0 Å². The Balaban J connectivity index is 1.55. The molecule has 1 saturated heterocycles. The molecule has 5 heteroatoms. The van der Waals surface area contributed by atoms with Gasteiger partial charge in [-0.3, -0.25) is 9.69 Å². The number of carbonyl (C=O) groups excluding carboxylic acids is 1. The molecule has 22 heavy (non-hydrogen) atoms. The van der Waals surface area contributed by atoms with E-state index >= 15 is 0 Å². The zero-order valence-corrected chi connectivity index (χ0v) is 12.7. The second kappa shape index (κ2) is 6.73. The largest absolute Gasteiger partial charge is 0.341 e. The molecular weight excluding hydrogens is 286 g/mol. The Morgan fingerprint density at radius 2 is 1.86 bits per heavy atom. The Hall–Kier alpha value is -1.49. The first-order valence-corrected chi connectivity index (χ1v) is 8.08. The van der Waals surface area contributed by atoms with Crippen molar-refractivity contribution in [3.05, 3.63) is 35.4 Å². The van der Waals surface area contributed by atoms with E-state index in [0.717, 1.165) is 51.0 Å². The van der Waals surface area contributed by atoms with E-state index in [1.54, 1.807) is 6.07 Å². The van der Waals surface area contributed by atoms with Gasteiger partial charge < -0.3 is 4.90 Å². The maximum Gasteiger partial charge on any atom is 0.225 e. The number of rotatable bonds is 3. The van der Waals surface area contributed by atoms with Gasteiger partial charge in [-0.15, -0.1) is 0 Å². The number of nitrogens with zero attached hydrogens (tertiary/aromatic N) is 2. The van der Waals surface area contributed by atoms with Crippen molar-refractivity contribution in [2.24, 2.45) is 5.92 Å². The maximum atomic E-state index is 13.3. The fourth-order valence-corrected chi connectivity index (χ4v) is 3.16. The smallest absolute Gasteiger partial charge is 0.225 e. The minimum Gasteiger partial charge on any atom is -0.341 e. The highest BCUT2D eigenvalue weighted by molar-refractivity contribution is 5.79. The number of benzene rings is 1. The second-order valence-corrected chi connectivity index (χ2v) is 6.33. The molecule has 3 rings (SSSR count). The first-order valence-electron chi connectivity index (χ1n) is 8.08. The molecule has 0 bridgehead atoms. The van der Waals surface area contributed by atoms with Crippen molar-refractivity contribution in [1.82, 2.24) is 9.80 Å². The minimum absolute atomic E-state index is 0.248. The lowest BCUT2D eigenvalue weighted by molar-refractivity contribution is -0.138. The summed E-state index contributed by atoms with van der Waals surface area (Å²) >= 11 is 0. The van der Waals surface area contributed by atoms with E-state index in [-0.39, 0.29) is 5.92 Å². The summed E-state index contributed by atoms with van der Waals surface area (Å²) in [5, 5.41) is 0. The third-order valence-corrected chi connectivity index (χ3v) is 4.74. The van der Waals surface area contributed by atoms with E-state index in [1.807, 2.05) is 4.90 Å². The molecule has 1 aliphatic carbocycles. The van der Waals surface area contributed by atoms with E-state index in [2.05, 4.69) is 4.90 Å². The Bertz CT molecular complexity index is 545. The monoisotopic (exact) mass is 308 g/mol. The van der Waals surface area contributed by atoms with Crippen LogP contribution < -0.4 is 0 Å². The van der Waals surface area contributed by atoms with Gasteiger partial charge in [-0.1, -0.05) is 12.5 Å². The average molecular weight is 308 g/mol. The van der Waals surface area contributed by atoms with Crippen LogP contribution in [0.3, 0.4) is 0 Å². The summed E-state index contributed by atoms with van der Waals surface area (Å²) in [4.78, 5) is 16.5. The first-order chi connectivity index (χ1) is 10.6. The lowest BCUT2D eigenvalue weighted by Gasteiger charge is -2.31. The topological polar surface area (TPSA) is 23.6 Å². The molecule has 1 aromatic carbocycles. The molecule has 1 saturated carbocycles. The normalized spacial score (nSPS) is 20.5. The molecule has 1 aliphatic heterocycles. The van der Waals surface area contributed by atoms with Gasteiger partial charge in [0.15, 0.2) is 11.6 Å². The summed E-state index contributed by atoms with van der Waals surface area (Å²) in [6.45, 7) is 3.82. The molecule has 0 unspecified atom stereocenters. The third kappa shape index (κ3) is 3.46. The summed E-state index contributed by atoms with van der Waals surface area (Å²) in [6.07, 6.45) is 4.18. The Kier molecular flexibility index (Phi) is 4.71. The highest BCUT2D eigenvalue weighted by Crippen LogP contribution is 2.28. The maximum absolute atomic E-state index is 13.3. The lowest BCUT2D eigenvalue weighted by atomic mass is 9.84. The number of amides is 1. The van der Waals surface area contributed by atoms with Crippen molar-refractivity contribution in [3.63, 3.8) is 0 Å². The molecule has 0 spiro atoms. The molecule has 3 nitrogen and oxygen atoms in total. The second-order valence-electron chi connectivity index (χ2n) is 6.33. The van der Waals surface area contributed by atoms with Crippen molar-refractivity contribution in [3.8, 4) is 0 Å². The van der Waals surface area contributed by atoms with Crippen LogP contribution in [0.15, 0.2) is 18.2 Å². The molecule has 2 aliphatic rings. The Morgan fingerprint density at radius 1 is 1.05 bits per heavy atom. The van der Waals surface area contributed by atoms with Crippen molar-refractivity contribution in [2.45, 2.75) is 32.2 Å². The molecule has 0 atom stereocenters. The average Bonchev–Trinajstić information content (AvgIpc) is 2.67. The van der Waals surface area contributed by atoms with E-state index in [1.165, 1.54) is 18.6 Å². The molecule has 1 heterocycles. The molecular formula is C17H22F2N2O. The molecule has 1 aromatic rings. The van der Waals surface area contributed by atoms with Gasteiger partial charge in [-0.25, -0.2) is 8.78 Å². The standard InChI is InChI=1S/C17H22F2N2O/c18-15-6-5-13(11-16(15)19)12-20-7-2-8-21(10-9-20)17(22)14-3-1-4-14/h5-6,11,14H,1-4,7-10,12H2. The Morgan fingerprint density at radius 3 is 2.55 bits per heavy atom. The van der Waals surface area contributed by atoms with Crippen LogP contribution in [0.5, 0.6) is 0 Å². The zero-order valence-electron chi connectivity index (χ0n) is 12.7. The molecule has 1 amide bonds. The predicted molar refractivity (Wildman–Crippen MR) is 80.2 cm³/mol. The number of halogens is 2. The van der Waals surface area contributed by atoms with Gasteiger partial charge in [0.25, 0.3) is 0 Å². The quantitative estimate of drug-likeness (QED) is 0.857. The predicted octanol–water partition coefficient (Wildman–Crippen LogP) is 2.80. The number of hydrogen-bond acceptors (Lipinski definition) is 2. The summed E-state index contributed by atoms with van der Waals surface area (Å²) in [5.74, 6) is -1.05. The van der Waals surface area contributed by atoms with E-state index < -0.39 is 11.6 Å². The summed E-state index contributed by atoms with van der Waals surface area (Å²) in [5.41, 5.74) is 0.776.